The van der Waals surface area contributed by atoms with Crippen molar-refractivity contribution in [1.82, 2.24) is 4.72 Å². The van der Waals surface area contributed by atoms with E-state index in [0.29, 0.717) is 19.6 Å². The zero-order chi connectivity index (χ0) is 12.5. The highest BCUT2D eigenvalue weighted by atomic mass is 79.9. The van der Waals surface area contributed by atoms with Crippen LogP contribution in [-0.4, -0.2) is 33.8 Å². The number of nitrogens with one attached hydrogen (secondary N) is 1. The highest BCUT2D eigenvalue weighted by Gasteiger charge is 2.18. The Balaban J connectivity index is 2.20. The van der Waals surface area contributed by atoms with Crippen molar-refractivity contribution >= 4 is 31.6 Å². The Bertz CT molecular complexity index is 516. The fraction of sp³-hybridized carbons (Fsp3) is 0.455. The molecule has 1 aromatic carbocycles. The molecule has 4 nitrogen and oxygen atoms in total. The molecule has 1 aliphatic heterocycles. The van der Waals surface area contributed by atoms with Gasteiger partial charge in [-0.05, 0) is 30.7 Å². The largest absolute Gasteiger partial charge is 0.369 e. The van der Waals surface area contributed by atoms with Gasteiger partial charge in [0.05, 0.1) is 5.75 Å². The van der Waals surface area contributed by atoms with Gasteiger partial charge in [0.15, 0.2) is 0 Å². The minimum absolute atomic E-state index is 0.155. The summed E-state index contributed by atoms with van der Waals surface area (Å²) in [4.78, 5) is 2.09. The smallest absolute Gasteiger partial charge is 0.213 e. The van der Waals surface area contributed by atoms with Crippen LogP contribution in [0.2, 0.25) is 0 Å². The summed E-state index contributed by atoms with van der Waals surface area (Å²) in [5.41, 5.74) is 2.23. The van der Waals surface area contributed by atoms with Crippen LogP contribution in [0.5, 0.6) is 0 Å². The zero-order valence-corrected chi connectivity index (χ0v) is 12.0. The minimum Gasteiger partial charge on any atom is -0.369 e. The van der Waals surface area contributed by atoms with E-state index >= 15 is 0 Å². The van der Waals surface area contributed by atoms with Crippen molar-refractivity contribution in [2.45, 2.75) is 6.92 Å². The summed E-state index contributed by atoms with van der Waals surface area (Å²) in [5.74, 6) is 0.155. The van der Waals surface area contributed by atoms with Gasteiger partial charge in [-0.15, -0.1) is 0 Å². The number of halogens is 1. The SMILES string of the molecule is Cc1cc(N2CCNS(=O)(=O)CC2)ccc1Br. The number of rotatable bonds is 1. The number of hydrogen-bond donors (Lipinski definition) is 1. The van der Waals surface area contributed by atoms with Gasteiger partial charge in [-0.2, -0.15) is 0 Å². The number of hydrogen-bond acceptors (Lipinski definition) is 3. The fourth-order valence-corrected chi connectivity index (χ4v) is 3.09. The minimum atomic E-state index is -3.08. The number of aryl methyl sites for hydroxylation is 1. The Morgan fingerprint density at radius 3 is 2.82 bits per heavy atom. The summed E-state index contributed by atoms with van der Waals surface area (Å²) in [7, 11) is -3.08. The average Bonchev–Trinajstić information content (AvgIpc) is 2.44. The van der Waals surface area contributed by atoms with Gasteiger partial charge in [-0.3, -0.25) is 0 Å². The van der Waals surface area contributed by atoms with Crippen molar-refractivity contribution in [3.8, 4) is 0 Å². The van der Waals surface area contributed by atoms with Crippen molar-refractivity contribution in [3.05, 3.63) is 28.2 Å². The lowest BCUT2D eigenvalue weighted by Crippen LogP contribution is -2.28. The van der Waals surface area contributed by atoms with E-state index in [2.05, 4.69) is 31.6 Å². The summed E-state index contributed by atoms with van der Waals surface area (Å²) < 4.78 is 26.5. The summed E-state index contributed by atoms with van der Waals surface area (Å²) in [6.45, 7) is 3.74. The molecule has 1 saturated heterocycles. The summed E-state index contributed by atoms with van der Waals surface area (Å²) in [5, 5.41) is 0. The Morgan fingerprint density at radius 1 is 1.35 bits per heavy atom. The monoisotopic (exact) mass is 318 g/mol. The second-order valence-corrected chi connectivity index (χ2v) is 6.91. The topological polar surface area (TPSA) is 49.4 Å². The van der Waals surface area contributed by atoms with Crippen LogP contribution in [0.25, 0.3) is 0 Å². The molecule has 2 rings (SSSR count). The molecule has 0 radical (unpaired) electrons. The molecule has 1 heterocycles. The standard InChI is InChI=1S/C11H15BrN2O2S/c1-9-8-10(2-3-11(9)12)14-5-4-13-17(15,16)7-6-14/h2-3,8,13H,4-7H2,1H3. The van der Waals surface area contributed by atoms with E-state index in [4.69, 9.17) is 0 Å². The highest BCUT2D eigenvalue weighted by molar-refractivity contribution is 9.10. The van der Waals surface area contributed by atoms with E-state index in [9.17, 15) is 8.42 Å². The summed E-state index contributed by atoms with van der Waals surface area (Å²) in [6.07, 6.45) is 0. The van der Waals surface area contributed by atoms with Gasteiger partial charge in [-0.1, -0.05) is 15.9 Å². The van der Waals surface area contributed by atoms with Crippen LogP contribution in [0.4, 0.5) is 5.69 Å². The van der Waals surface area contributed by atoms with Crippen LogP contribution in [-0.2, 0) is 10.0 Å². The Morgan fingerprint density at radius 2 is 2.12 bits per heavy atom. The number of sulfonamides is 1. The first-order valence-corrected chi connectivity index (χ1v) is 7.91. The maximum absolute atomic E-state index is 11.4. The van der Waals surface area contributed by atoms with Crippen molar-refractivity contribution in [2.75, 3.05) is 30.3 Å². The van der Waals surface area contributed by atoms with Crippen molar-refractivity contribution in [2.24, 2.45) is 0 Å². The van der Waals surface area contributed by atoms with Crippen molar-refractivity contribution in [1.29, 1.82) is 0 Å². The molecular formula is C11H15BrN2O2S. The van der Waals surface area contributed by atoms with E-state index in [1.54, 1.807) is 0 Å². The number of benzene rings is 1. The van der Waals surface area contributed by atoms with Crippen LogP contribution in [0.1, 0.15) is 5.56 Å². The molecule has 6 heteroatoms. The lowest BCUT2D eigenvalue weighted by atomic mass is 10.2. The molecule has 0 unspecified atom stereocenters. The first kappa shape index (κ1) is 12.9. The second-order valence-electron chi connectivity index (χ2n) is 4.13. The molecule has 1 aromatic rings. The van der Waals surface area contributed by atoms with E-state index in [1.165, 1.54) is 0 Å². The van der Waals surface area contributed by atoms with E-state index in [-0.39, 0.29) is 5.75 Å². The molecule has 94 valence electrons. The van der Waals surface area contributed by atoms with E-state index < -0.39 is 10.0 Å². The van der Waals surface area contributed by atoms with Gasteiger partial charge in [0.2, 0.25) is 10.0 Å². The molecule has 0 aliphatic carbocycles. The highest BCUT2D eigenvalue weighted by Crippen LogP contribution is 2.23. The van der Waals surface area contributed by atoms with Gasteiger partial charge >= 0.3 is 0 Å². The molecule has 0 amide bonds. The summed E-state index contributed by atoms with van der Waals surface area (Å²) in [6, 6.07) is 6.08. The van der Waals surface area contributed by atoms with Crippen LogP contribution in [0, 0.1) is 6.92 Å². The maximum atomic E-state index is 11.4. The first-order chi connectivity index (χ1) is 7.98. The number of anilines is 1. The third-order valence-electron chi connectivity index (χ3n) is 2.84. The van der Waals surface area contributed by atoms with Crippen LogP contribution >= 0.6 is 15.9 Å². The van der Waals surface area contributed by atoms with Crippen molar-refractivity contribution in [3.63, 3.8) is 0 Å². The van der Waals surface area contributed by atoms with E-state index in [1.807, 2.05) is 19.1 Å². The van der Waals surface area contributed by atoms with Gasteiger partial charge in [0.1, 0.15) is 0 Å². The lowest BCUT2D eigenvalue weighted by Gasteiger charge is -2.22. The third-order valence-corrected chi connectivity index (χ3v) is 5.09. The quantitative estimate of drug-likeness (QED) is 0.853. The molecular weight excluding hydrogens is 304 g/mol. The molecule has 0 saturated carbocycles. The molecule has 1 aliphatic rings. The van der Waals surface area contributed by atoms with Gasteiger partial charge in [-0.25, -0.2) is 13.1 Å². The van der Waals surface area contributed by atoms with Gasteiger partial charge in [0.25, 0.3) is 0 Å². The summed E-state index contributed by atoms with van der Waals surface area (Å²) >= 11 is 3.46. The fourth-order valence-electron chi connectivity index (χ4n) is 1.83. The Hall–Kier alpha value is -0.590. The Kier molecular flexibility index (Phi) is 3.75. The zero-order valence-electron chi connectivity index (χ0n) is 9.61. The third kappa shape index (κ3) is 3.20. The van der Waals surface area contributed by atoms with Crippen LogP contribution in [0.15, 0.2) is 22.7 Å². The molecule has 0 spiro atoms. The Labute approximate surface area is 110 Å². The second kappa shape index (κ2) is 4.96. The van der Waals surface area contributed by atoms with E-state index in [0.717, 1.165) is 15.7 Å². The molecule has 0 aromatic heterocycles. The molecule has 17 heavy (non-hydrogen) atoms. The van der Waals surface area contributed by atoms with Gasteiger partial charge in [0, 0.05) is 29.8 Å². The van der Waals surface area contributed by atoms with Crippen LogP contribution in [0.3, 0.4) is 0 Å². The molecule has 1 fully saturated rings. The maximum Gasteiger partial charge on any atom is 0.213 e. The molecule has 1 N–H and O–H groups in total. The molecule has 0 bridgehead atoms. The predicted molar refractivity (Wildman–Crippen MR) is 72.9 cm³/mol. The predicted octanol–water partition coefficient (Wildman–Crippen LogP) is 1.50. The molecule has 0 atom stereocenters. The normalized spacial score (nSPS) is 20.0. The number of nitrogens with zero attached hydrogens (tertiary/aromatic N) is 1. The van der Waals surface area contributed by atoms with Gasteiger partial charge < -0.3 is 4.90 Å². The van der Waals surface area contributed by atoms with Crippen LogP contribution < -0.4 is 9.62 Å². The first-order valence-electron chi connectivity index (χ1n) is 5.46. The average molecular weight is 319 g/mol. The lowest BCUT2D eigenvalue weighted by molar-refractivity contribution is 0.586. The van der Waals surface area contributed by atoms with Crippen molar-refractivity contribution < 1.29 is 8.42 Å².